The second kappa shape index (κ2) is 11.4. The van der Waals surface area contributed by atoms with Crippen LogP contribution in [0.2, 0.25) is 0 Å². The maximum atomic E-state index is 12.8. The lowest BCUT2D eigenvalue weighted by atomic mass is 10.2. The van der Waals surface area contributed by atoms with Gasteiger partial charge >= 0.3 is 0 Å². The van der Waals surface area contributed by atoms with Crippen LogP contribution in [-0.4, -0.2) is 42.4 Å². The summed E-state index contributed by atoms with van der Waals surface area (Å²) >= 11 is 0.932. The monoisotopic (exact) mass is 475 g/mol. The molecule has 1 aliphatic rings. The summed E-state index contributed by atoms with van der Waals surface area (Å²) in [6, 6.07) is 24.6. The molecule has 0 saturated carbocycles. The number of hydrogen-bond donors (Lipinski definition) is 0. The predicted octanol–water partition coefficient (Wildman–Crippen LogP) is 5.57. The molecule has 0 bridgehead atoms. The molecule has 0 aromatic heterocycles. The summed E-state index contributed by atoms with van der Waals surface area (Å²) < 4.78 is 17.1. The zero-order chi connectivity index (χ0) is 23.8. The molecule has 1 saturated heterocycles. The number of aryl methyl sites for hydroxylation is 1. The van der Waals surface area contributed by atoms with Crippen molar-refractivity contribution in [3.8, 4) is 17.2 Å². The number of thioether (sulfide) groups is 1. The molecule has 3 aromatic rings. The topological polar surface area (TPSA) is 65.1 Å². The first-order chi connectivity index (χ1) is 16.6. The minimum atomic E-state index is -0.315. The lowest BCUT2D eigenvalue weighted by Crippen LogP contribution is -2.32. The average Bonchev–Trinajstić information content (AvgIpc) is 3.11. The molecule has 0 aliphatic carbocycles. The Morgan fingerprint density at radius 3 is 2.18 bits per heavy atom. The highest BCUT2D eigenvalue weighted by Gasteiger charge is 2.34. The summed E-state index contributed by atoms with van der Waals surface area (Å²) in [7, 11) is 0. The molecule has 0 unspecified atom stereocenters. The third kappa shape index (κ3) is 6.42. The van der Waals surface area contributed by atoms with E-state index in [2.05, 4.69) is 0 Å². The largest absolute Gasteiger partial charge is 0.492 e. The van der Waals surface area contributed by atoms with Crippen molar-refractivity contribution in [2.24, 2.45) is 0 Å². The van der Waals surface area contributed by atoms with Crippen molar-refractivity contribution in [3.05, 3.63) is 94.9 Å². The van der Waals surface area contributed by atoms with Crippen molar-refractivity contribution >= 4 is 29.0 Å². The van der Waals surface area contributed by atoms with E-state index in [0.717, 1.165) is 28.6 Å². The van der Waals surface area contributed by atoms with E-state index >= 15 is 0 Å². The van der Waals surface area contributed by atoms with Crippen LogP contribution in [0.5, 0.6) is 17.2 Å². The molecule has 4 rings (SSSR count). The lowest BCUT2D eigenvalue weighted by molar-refractivity contribution is -0.123. The molecule has 1 aliphatic heterocycles. The van der Waals surface area contributed by atoms with Gasteiger partial charge in [-0.25, -0.2) is 0 Å². The highest BCUT2D eigenvalue weighted by Crippen LogP contribution is 2.32. The first-order valence-electron chi connectivity index (χ1n) is 10.9. The van der Waals surface area contributed by atoms with Gasteiger partial charge in [-0.2, -0.15) is 0 Å². The predicted molar refractivity (Wildman–Crippen MR) is 133 cm³/mol. The smallest absolute Gasteiger partial charge is 0.293 e. The van der Waals surface area contributed by atoms with E-state index in [0.29, 0.717) is 29.6 Å². The third-order valence-electron chi connectivity index (χ3n) is 5.00. The lowest BCUT2D eigenvalue weighted by Gasteiger charge is -2.13. The van der Waals surface area contributed by atoms with E-state index in [1.165, 1.54) is 4.90 Å². The first-order valence-corrected chi connectivity index (χ1v) is 11.8. The molecule has 2 amide bonds. The van der Waals surface area contributed by atoms with Crippen LogP contribution < -0.4 is 14.2 Å². The third-order valence-corrected chi connectivity index (χ3v) is 5.91. The van der Waals surface area contributed by atoms with Crippen molar-refractivity contribution in [2.75, 3.05) is 26.4 Å². The van der Waals surface area contributed by atoms with E-state index in [1.807, 2.05) is 85.8 Å². The second-order valence-electron chi connectivity index (χ2n) is 7.58. The van der Waals surface area contributed by atoms with Crippen molar-refractivity contribution < 1.29 is 23.8 Å². The van der Waals surface area contributed by atoms with Gasteiger partial charge in [0.15, 0.2) is 0 Å². The Morgan fingerprint density at radius 2 is 1.41 bits per heavy atom. The molecular formula is C27H25NO5S. The van der Waals surface area contributed by atoms with Crippen molar-refractivity contribution in [2.45, 2.75) is 6.92 Å². The number of imide groups is 1. The summed E-state index contributed by atoms with van der Waals surface area (Å²) in [6.45, 7) is 3.23. The fraction of sp³-hybridized carbons (Fsp3) is 0.185. The highest BCUT2D eigenvalue weighted by molar-refractivity contribution is 8.18. The van der Waals surface area contributed by atoms with Crippen LogP contribution in [0, 0.1) is 6.92 Å². The Kier molecular flexibility index (Phi) is 7.88. The van der Waals surface area contributed by atoms with Gasteiger partial charge in [0.1, 0.15) is 37.1 Å². The quantitative estimate of drug-likeness (QED) is 0.282. The number of amides is 2. The van der Waals surface area contributed by atoms with Crippen LogP contribution in [-0.2, 0) is 4.79 Å². The maximum absolute atomic E-state index is 12.8. The van der Waals surface area contributed by atoms with Crippen molar-refractivity contribution in [1.82, 2.24) is 4.90 Å². The van der Waals surface area contributed by atoms with E-state index in [9.17, 15) is 9.59 Å². The molecule has 7 heteroatoms. The van der Waals surface area contributed by atoms with Gasteiger partial charge in [0.25, 0.3) is 11.1 Å². The fourth-order valence-electron chi connectivity index (χ4n) is 3.26. The van der Waals surface area contributed by atoms with Crippen molar-refractivity contribution in [3.63, 3.8) is 0 Å². The van der Waals surface area contributed by atoms with Crippen molar-refractivity contribution in [1.29, 1.82) is 0 Å². The van der Waals surface area contributed by atoms with Crippen LogP contribution in [0.25, 0.3) is 6.08 Å². The number of rotatable bonds is 10. The zero-order valence-corrected chi connectivity index (χ0v) is 19.6. The molecule has 1 fully saturated rings. The van der Waals surface area contributed by atoms with Crippen LogP contribution in [0.4, 0.5) is 4.79 Å². The fourth-order valence-corrected chi connectivity index (χ4v) is 4.13. The molecular weight excluding hydrogens is 450 g/mol. The molecule has 6 nitrogen and oxygen atoms in total. The number of nitrogens with zero attached hydrogens (tertiary/aromatic N) is 1. The number of carbonyl (C=O) groups excluding carboxylic acids is 2. The highest BCUT2D eigenvalue weighted by atomic mass is 32.2. The van der Waals surface area contributed by atoms with Gasteiger partial charge < -0.3 is 14.2 Å². The Hall–Kier alpha value is -3.71. The van der Waals surface area contributed by atoms with E-state index in [1.54, 1.807) is 6.08 Å². The van der Waals surface area contributed by atoms with E-state index in [4.69, 9.17) is 14.2 Å². The normalized spacial score (nSPS) is 14.5. The molecule has 0 atom stereocenters. The number of para-hydroxylation sites is 1. The summed E-state index contributed by atoms with van der Waals surface area (Å²) in [5, 5.41) is -0.297. The standard InChI is InChI=1S/C27H25NO5S/c1-20-10-12-23(13-11-20)31-15-14-28-26(29)25(34-27(28)30)19-21-6-5-9-24(18-21)33-17-16-32-22-7-3-2-4-8-22/h2-13,18-19H,14-17H2,1H3/b25-19-. The summed E-state index contributed by atoms with van der Waals surface area (Å²) in [6.07, 6.45) is 1.71. The van der Waals surface area contributed by atoms with E-state index < -0.39 is 0 Å². The molecule has 0 radical (unpaired) electrons. The van der Waals surface area contributed by atoms with Crippen LogP contribution in [0.3, 0.4) is 0 Å². The van der Waals surface area contributed by atoms with Gasteiger partial charge in [-0.1, -0.05) is 48.0 Å². The number of hydrogen-bond acceptors (Lipinski definition) is 6. The van der Waals surface area contributed by atoms with Gasteiger partial charge in [-0.15, -0.1) is 0 Å². The first kappa shape index (κ1) is 23.4. The SMILES string of the molecule is Cc1ccc(OCCN2C(=O)S/C(=C\c3cccc(OCCOc4ccccc4)c3)C2=O)cc1. The van der Waals surface area contributed by atoms with E-state index in [-0.39, 0.29) is 24.3 Å². The van der Waals surface area contributed by atoms with Gasteiger partial charge in [-0.3, -0.25) is 14.5 Å². The molecule has 0 N–H and O–H groups in total. The Bertz CT molecular complexity index is 1160. The van der Waals surface area contributed by atoms with Gasteiger partial charge in [0, 0.05) is 0 Å². The summed E-state index contributed by atoms with van der Waals surface area (Å²) in [4.78, 5) is 26.7. The molecule has 34 heavy (non-hydrogen) atoms. The Morgan fingerprint density at radius 1 is 0.765 bits per heavy atom. The number of benzene rings is 3. The number of ether oxygens (including phenoxy) is 3. The molecule has 174 valence electrons. The van der Waals surface area contributed by atoms with Crippen LogP contribution in [0.1, 0.15) is 11.1 Å². The maximum Gasteiger partial charge on any atom is 0.293 e. The van der Waals surface area contributed by atoms with Gasteiger partial charge in [0.2, 0.25) is 0 Å². The van der Waals surface area contributed by atoms with Crippen LogP contribution in [0.15, 0.2) is 83.8 Å². The zero-order valence-electron chi connectivity index (χ0n) is 18.8. The Labute approximate surface area is 203 Å². The Balaban J connectivity index is 1.29. The van der Waals surface area contributed by atoms with Gasteiger partial charge in [0.05, 0.1) is 11.4 Å². The average molecular weight is 476 g/mol. The van der Waals surface area contributed by atoms with Gasteiger partial charge in [-0.05, 0) is 66.7 Å². The van der Waals surface area contributed by atoms with Crippen LogP contribution >= 0.6 is 11.8 Å². The minimum absolute atomic E-state index is 0.195. The summed E-state index contributed by atoms with van der Waals surface area (Å²) in [5.74, 6) is 1.85. The molecule has 1 heterocycles. The molecule has 3 aromatic carbocycles. The summed E-state index contributed by atoms with van der Waals surface area (Å²) in [5.41, 5.74) is 1.92. The second-order valence-corrected chi connectivity index (χ2v) is 8.57. The minimum Gasteiger partial charge on any atom is -0.492 e. The molecule has 0 spiro atoms. The number of carbonyl (C=O) groups is 2.